The summed E-state index contributed by atoms with van der Waals surface area (Å²) in [7, 11) is 1.51. The molecule has 0 saturated carbocycles. The summed E-state index contributed by atoms with van der Waals surface area (Å²) in [6, 6.07) is 0. The van der Waals surface area contributed by atoms with Gasteiger partial charge in [-0.25, -0.2) is 9.59 Å². The van der Waals surface area contributed by atoms with Gasteiger partial charge in [-0.2, -0.15) is 0 Å². The minimum atomic E-state index is -0.793. The second kappa shape index (κ2) is 7.01. The van der Waals surface area contributed by atoms with Crippen molar-refractivity contribution in [2.45, 2.75) is 38.9 Å². The van der Waals surface area contributed by atoms with Gasteiger partial charge in [-0.15, -0.1) is 0 Å². The molecule has 1 aliphatic carbocycles. The molecule has 6 heteroatoms. The summed E-state index contributed by atoms with van der Waals surface area (Å²) in [6.45, 7) is 4.17. The van der Waals surface area contributed by atoms with Crippen molar-refractivity contribution in [1.82, 2.24) is 5.32 Å². The van der Waals surface area contributed by atoms with Gasteiger partial charge in [0.15, 0.2) is 0 Å². The molecule has 0 bridgehead atoms. The van der Waals surface area contributed by atoms with E-state index in [2.05, 4.69) is 19.2 Å². The van der Waals surface area contributed by atoms with Gasteiger partial charge in [0.05, 0.1) is 0 Å². The van der Waals surface area contributed by atoms with E-state index in [9.17, 15) is 9.59 Å². The van der Waals surface area contributed by atoms with Crippen molar-refractivity contribution in [3.63, 3.8) is 0 Å². The first-order chi connectivity index (χ1) is 8.92. The fourth-order valence-electron chi connectivity index (χ4n) is 2.12. The maximum absolute atomic E-state index is 11.3. The topological polar surface area (TPSA) is 90.7 Å². The Labute approximate surface area is 113 Å². The predicted octanol–water partition coefficient (Wildman–Crippen LogP) is 1.80. The van der Waals surface area contributed by atoms with Crippen LogP contribution in [0.5, 0.6) is 0 Å². The average molecular weight is 270 g/mol. The van der Waals surface area contributed by atoms with Crippen LogP contribution in [0, 0.1) is 11.8 Å². The van der Waals surface area contributed by atoms with Crippen LogP contribution in [0.25, 0.3) is 0 Å². The van der Waals surface area contributed by atoms with E-state index in [1.54, 1.807) is 12.2 Å². The first kappa shape index (κ1) is 15.3. The van der Waals surface area contributed by atoms with Gasteiger partial charge in [-0.1, -0.05) is 13.8 Å². The Morgan fingerprint density at radius 3 is 2.00 bits per heavy atom. The molecule has 0 fully saturated rings. The fourth-order valence-corrected chi connectivity index (χ4v) is 2.12. The molecule has 0 radical (unpaired) electrons. The molecular formula is C13H22N2O4. The Bertz CT molecular complexity index is 357. The number of nitrogens with two attached hydrogens (primary N) is 1. The molecule has 1 aliphatic rings. The average Bonchev–Trinajstić information content (AvgIpc) is 2.33. The second-order valence-electron chi connectivity index (χ2n) is 4.98. The minimum Gasteiger partial charge on any atom is -0.442 e. The summed E-state index contributed by atoms with van der Waals surface area (Å²) in [6.07, 6.45) is 3.00. The largest absolute Gasteiger partial charge is 0.442 e. The molecule has 1 rings (SSSR count). The molecule has 108 valence electrons. The Morgan fingerprint density at radius 2 is 1.58 bits per heavy atom. The minimum absolute atomic E-state index is 0.323. The van der Waals surface area contributed by atoms with Crippen molar-refractivity contribution < 1.29 is 19.1 Å². The summed E-state index contributed by atoms with van der Waals surface area (Å²) in [5, 5.41) is 2.42. The Balaban J connectivity index is 2.75. The van der Waals surface area contributed by atoms with Gasteiger partial charge in [-0.05, 0) is 36.8 Å². The summed E-state index contributed by atoms with van der Waals surface area (Å²) < 4.78 is 10.3. The van der Waals surface area contributed by atoms with Crippen LogP contribution in [0.2, 0.25) is 0 Å². The number of primary amides is 1. The van der Waals surface area contributed by atoms with Gasteiger partial charge in [0.2, 0.25) is 0 Å². The maximum atomic E-state index is 11.3. The van der Waals surface area contributed by atoms with Crippen LogP contribution in [-0.4, -0.2) is 31.4 Å². The SMILES string of the molecule is CNC(=O)OC1/C=C/C(OC(N)=O)CC(C)C(C)C1. The molecule has 0 heterocycles. The van der Waals surface area contributed by atoms with Crippen LogP contribution in [0.4, 0.5) is 9.59 Å². The van der Waals surface area contributed by atoms with Crippen molar-refractivity contribution in [2.75, 3.05) is 7.05 Å². The number of carbonyl (C=O) groups excluding carboxylic acids is 2. The number of carbonyl (C=O) groups is 2. The molecule has 19 heavy (non-hydrogen) atoms. The van der Waals surface area contributed by atoms with Gasteiger partial charge in [0, 0.05) is 7.05 Å². The van der Waals surface area contributed by atoms with E-state index in [1.807, 2.05) is 0 Å². The molecule has 0 saturated heterocycles. The normalized spacial score (nSPS) is 32.6. The highest BCUT2D eigenvalue weighted by molar-refractivity contribution is 5.67. The number of ether oxygens (including phenoxy) is 2. The number of nitrogens with one attached hydrogen (secondary N) is 1. The molecule has 2 amide bonds. The number of hydrogen-bond donors (Lipinski definition) is 2. The second-order valence-corrected chi connectivity index (χ2v) is 4.98. The quantitative estimate of drug-likeness (QED) is 0.748. The lowest BCUT2D eigenvalue weighted by Gasteiger charge is -2.28. The molecule has 0 aromatic carbocycles. The smallest absolute Gasteiger partial charge is 0.407 e. The van der Waals surface area contributed by atoms with E-state index in [1.165, 1.54) is 7.05 Å². The van der Waals surface area contributed by atoms with Gasteiger partial charge < -0.3 is 20.5 Å². The zero-order valence-electron chi connectivity index (χ0n) is 11.6. The van der Waals surface area contributed by atoms with E-state index >= 15 is 0 Å². The van der Waals surface area contributed by atoms with Crippen molar-refractivity contribution in [2.24, 2.45) is 17.6 Å². The molecule has 4 unspecified atom stereocenters. The molecule has 4 atom stereocenters. The first-order valence-electron chi connectivity index (χ1n) is 6.45. The lowest BCUT2D eigenvalue weighted by molar-refractivity contribution is 0.0806. The summed E-state index contributed by atoms with van der Waals surface area (Å²) in [5.74, 6) is 0.684. The van der Waals surface area contributed by atoms with Crippen molar-refractivity contribution >= 4 is 12.2 Å². The number of rotatable bonds is 2. The third-order valence-corrected chi connectivity index (χ3v) is 3.45. The van der Waals surface area contributed by atoms with Crippen molar-refractivity contribution in [1.29, 1.82) is 0 Å². The Hall–Kier alpha value is -1.72. The number of amides is 2. The van der Waals surface area contributed by atoms with Gasteiger partial charge in [-0.3, -0.25) is 0 Å². The maximum Gasteiger partial charge on any atom is 0.407 e. The summed E-state index contributed by atoms with van der Waals surface area (Å²) >= 11 is 0. The van der Waals surface area contributed by atoms with E-state index < -0.39 is 12.2 Å². The van der Waals surface area contributed by atoms with Crippen LogP contribution in [0.3, 0.4) is 0 Å². The zero-order chi connectivity index (χ0) is 14.4. The van der Waals surface area contributed by atoms with Crippen LogP contribution in [0.1, 0.15) is 26.7 Å². The highest BCUT2D eigenvalue weighted by Crippen LogP contribution is 2.27. The first-order valence-corrected chi connectivity index (χ1v) is 6.45. The lowest BCUT2D eigenvalue weighted by atomic mass is 9.84. The van der Waals surface area contributed by atoms with E-state index in [-0.39, 0.29) is 12.2 Å². The fraction of sp³-hybridized carbons (Fsp3) is 0.692. The molecule has 0 aromatic heterocycles. The lowest BCUT2D eigenvalue weighted by Crippen LogP contribution is -2.31. The van der Waals surface area contributed by atoms with Crippen molar-refractivity contribution in [3.05, 3.63) is 12.2 Å². The number of hydrogen-bond acceptors (Lipinski definition) is 4. The van der Waals surface area contributed by atoms with Gasteiger partial charge >= 0.3 is 12.2 Å². The Morgan fingerprint density at radius 1 is 1.11 bits per heavy atom. The molecule has 6 nitrogen and oxygen atoms in total. The van der Waals surface area contributed by atoms with Crippen LogP contribution < -0.4 is 11.1 Å². The highest BCUT2D eigenvalue weighted by Gasteiger charge is 2.25. The monoisotopic (exact) mass is 270 g/mol. The zero-order valence-corrected chi connectivity index (χ0v) is 11.6. The van der Waals surface area contributed by atoms with Gasteiger partial charge in [0.25, 0.3) is 0 Å². The summed E-state index contributed by atoms with van der Waals surface area (Å²) in [5.41, 5.74) is 5.04. The van der Waals surface area contributed by atoms with E-state index in [0.29, 0.717) is 18.3 Å². The number of alkyl carbamates (subject to hydrolysis) is 1. The van der Waals surface area contributed by atoms with Gasteiger partial charge in [0.1, 0.15) is 12.2 Å². The Kier molecular flexibility index (Phi) is 5.66. The van der Waals surface area contributed by atoms with Crippen molar-refractivity contribution in [3.8, 4) is 0 Å². The molecular weight excluding hydrogens is 248 g/mol. The predicted molar refractivity (Wildman–Crippen MR) is 70.5 cm³/mol. The van der Waals surface area contributed by atoms with Crippen LogP contribution in [0.15, 0.2) is 12.2 Å². The molecule has 0 spiro atoms. The third-order valence-electron chi connectivity index (χ3n) is 3.45. The van der Waals surface area contributed by atoms with E-state index in [0.717, 1.165) is 6.42 Å². The standard InChI is InChI=1S/C13H22N2O4/c1-8-6-10(18-12(14)16)4-5-11(7-9(8)2)19-13(17)15-3/h4-5,8-11H,6-7H2,1-3H3,(H2,14,16)(H,15,17)/b5-4+. The molecule has 0 aliphatic heterocycles. The molecule has 0 aromatic rings. The van der Waals surface area contributed by atoms with Crippen LogP contribution >= 0.6 is 0 Å². The van der Waals surface area contributed by atoms with Crippen LogP contribution in [-0.2, 0) is 9.47 Å². The highest BCUT2D eigenvalue weighted by atomic mass is 16.6. The molecule has 3 N–H and O–H groups in total. The third kappa shape index (κ3) is 5.19. The van der Waals surface area contributed by atoms with E-state index in [4.69, 9.17) is 15.2 Å². The summed E-state index contributed by atoms with van der Waals surface area (Å²) in [4.78, 5) is 22.1.